The topological polar surface area (TPSA) is 21.3 Å². The number of ether oxygens (including phenoxy) is 1. The van der Waals surface area contributed by atoms with Crippen LogP contribution in [0.3, 0.4) is 0 Å². The van der Waals surface area contributed by atoms with Gasteiger partial charge in [0.2, 0.25) is 0 Å². The van der Waals surface area contributed by atoms with Crippen molar-refractivity contribution in [2.24, 2.45) is 0 Å². The molecule has 0 saturated carbocycles. The zero-order chi connectivity index (χ0) is 14.4. The first-order valence-electron chi connectivity index (χ1n) is 6.83. The fraction of sp³-hybridized carbons (Fsp3) is 0.294. The molecule has 2 aromatic rings. The van der Waals surface area contributed by atoms with Gasteiger partial charge in [-0.2, -0.15) is 0 Å². The summed E-state index contributed by atoms with van der Waals surface area (Å²) in [5, 5.41) is 3.20. The molecule has 0 aliphatic rings. The minimum absolute atomic E-state index is 0. The summed E-state index contributed by atoms with van der Waals surface area (Å²) in [6.07, 6.45) is 1.04. The number of hydrogen-bond donors (Lipinski definition) is 1. The zero-order valence-corrected chi connectivity index (χ0v) is 15.3. The van der Waals surface area contributed by atoms with E-state index in [2.05, 4.69) is 77.3 Å². The molecule has 114 valence electrons. The minimum atomic E-state index is 0. The van der Waals surface area contributed by atoms with E-state index in [0.29, 0.717) is 0 Å². The lowest BCUT2D eigenvalue weighted by molar-refractivity contribution is 0.193. The molecule has 1 atom stereocenters. The van der Waals surface area contributed by atoms with Crippen LogP contribution in [-0.4, -0.2) is 13.6 Å². The lowest BCUT2D eigenvalue weighted by Crippen LogP contribution is -2.16. The number of benzene rings is 2. The van der Waals surface area contributed by atoms with Crippen LogP contribution in [0.4, 0.5) is 0 Å². The van der Waals surface area contributed by atoms with E-state index >= 15 is 0 Å². The van der Waals surface area contributed by atoms with Gasteiger partial charge in [0.15, 0.2) is 0 Å². The van der Waals surface area contributed by atoms with Crippen LogP contribution in [-0.2, 0) is 0 Å². The Labute approximate surface area is 146 Å². The van der Waals surface area contributed by atoms with Gasteiger partial charge in [-0.1, -0.05) is 30.3 Å². The molecule has 2 rings (SSSR count). The Balaban J connectivity index is 0.00000220. The van der Waals surface area contributed by atoms with Crippen molar-refractivity contribution in [3.63, 3.8) is 0 Å². The van der Waals surface area contributed by atoms with Gasteiger partial charge in [-0.15, -0.1) is 12.4 Å². The summed E-state index contributed by atoms with van der Waals surface area (Å²) in [7, 11) is 1.97. The smallest absolute Gasteiger partial charge is 0.125 e. The van der Waals surface area contributed by atoms with Crippen LogP contribution in [0.25, 0.3) is 0 Å². The van der Waals surface area contributed by atoms with E-state index in [1.54, 1.807) is 0 Å². The van der Waals surface area contributed by atoms with E-state index in [-0.39, 0.29) is 18.5 Å². The van der Waals surface area contributed by atoms with Crippen molar-refractivity contribution >= 4 is 35.0 Å². The van der Waals surface area contributed by atoms with Gasteiger partial charge in [0.1, 0.15) is 11.9 Å². The minimum Gasteiger partial charge on any atom is -0.485 e. The van der Waals surface area contributed by atoms with Crippen LogP contribution in [0.15, 0.2) is 48.5 Å². The molecule has 0 aromatic heterocycles. The molecule has 0 radical (unpaired) electrons. The fourth-order valence-electron chi connectivity index (χ4n) is 2.14. The average molecular weight is 418 g/mol. The number of rotatable bonds is 6. The van der Waals surface area contributed by atoms with Crippen LogP contribution in [0, 0.1) is 10.5 Å². The van der Waals surface area contributed by atoms with Gasteiger partial charge < -0.3 is 10.1 Å². The lowest BCUT2D eigenvalue weighted by Gasteiger charge is -2.21. The van der Waals surface area contributed by atoms with Gasteiger partial charge in [0.25, 0.3) is 0 Å². The summed E-state index contributed by atoms with van der Waals surface area (Å²) in [6, 6.07) is 16.7. The first kappa shape index (κ1) is 18.3. The molecule has 21 heavy (non-hydrogen) atoms. The SMILES string of the molecule is CNCCC(Oc1ccc(I)cc1C)c1ccccc1.Cl. The summed E-state index contributed by atoms with van der Waals surface area (Å²) in [5.41, 5.74) is 2.41. The van der Waals surface area contributed by atoms with E-state index in [0.717, 1.165) is 18.7 Å². The van der Waals surface area contributed by atoms with Crippen molar-refractivity contribution in [2.75, 3.05) is 13.6 Å². The maximum absolute atomic E-state index is 6.25. The third-order valence-corrected chi connectivity index (χ3v) is 3.91. The zero-order valence-electron chi connectivity index (χ0n) is 12.3. The summed E-state index contributed by atoms with van der Waals surface area (Å²) in [6.45, 7) is 3.03. The number of halogens is 2. The maximum Gasteiger partial charge on any atom is 0.125 e. The van der Waals surface area contributed by atoms with Crippen LogP contribution in [0.5, 0.6) is 5.75 Å². The van der Waals surface area contributed by atoms with Crippen molar-refractivity contribution in [3.05, 3.63) is 63.2 Å². The maximum atomic E-state index is 6.25. The Morgan fingerprint density at radius 3 is 2.48 bits per heavy atom. The summed E-state index contributed by atoms with van der Waals surface area (Å²) < 4.78 is 7.48. The molecule has 0 fully saturated rings. The molecule has 0 aliphatic carbocycles. The molecule has 0 spiro atoms. The predicted octanol–water partition coefficient (Wildman–Crippen LogP) is 4.75. The fourth-order valence-corrected chi connectivity index (χ4v) is 2.78. The molecular weight excluding hydrogens is 397 g/mol. The quantitative estimate of drug-likeness (QED) is 0.685. The number of nitrogens with one attached hydrogen (secondary N) is 1. The van der Waals surface area contributed by atoms with Crippen LogP contribution in [0.1, 0.15) is 23.7 Å². The number of hydrogen-bond acceptors (Lipinski definition) is 2. The second kappa shape index (κ2) is 9.28. The molecule has 0 amide bonds. The van der Waals surface area contributed by atoms with Crippen molar-refractivity contribution in [2.45, 2.75) is 19.4 Å². The van der Waals surface area contributed by atoms with Crippen LogP contribution in [0.2, 0.25) is 0 Å². The van der Waals surface area contributed by atoms with E-state index in [1.165, 1.54) is 14.7 Å². The Bertz CT molecular complexity index is 548. The van der Waals surface area contributed by atoms with E-state index in [9.17, 15) is 0 Å². The summed E-state index contributed by atoms with van der Waals surface area (Å²) >= 11 is 2.32. The highest BCUT2D eigenvalue weighted by Gasteiger charge is 2.14. The van der Waals surface area contributed by atoms with Gasteiger partial charge in [-0.05, 0) is 72.4 Å². The van der Waals surface area contributed by atoms with Gasteiger partial charge in [0, 0.05) is 9.99 Å². The van der Waals surface area contributed by atoms with Crippen molar-refractivity contribution in [3.8, 4) is 5.75 Å². The van der Waals surface area contributed by atoms with Gasteiger partial charge in [0.05, 0.1) is 0 Å². The lowest BCUT2D eigenvalue weighted by atomic mass is 10.1. The second-order valence-electron chi connectivity index (χ2n) is 4.82. The summed E-state index contributed by atoms with van der Waals surface area (Å²) in [5.74, 6) is 0.968. The number of aryl methyl sites for hydroxylation is 1. The predicted molar refractivity (Wildman–Crippen MR) is 99.5 cm³/mol. The molecule has 4 heteroatoms. The van der Waals surface area contributed by atoms with Gasteiger partial charge in [-0.3, -0.25) is 0 Å². The third kappa shape index (κ3) is 5.49. The van der Waals surface area contributed by atoms with E-state index < -0.39 is 0 Å². The first-order valence-corrected chi connectivity index (χ1v) is 7.91. The van der Waals surface area contributed by atoms with Gasteiger partial charge in [-0.25, -0.2) is 0 Å². The van der Waals surface area contributed by atoms with Crippen molar-refractivity contribution < 1.29 is 4.74 Å². The van der Waals surface area contributed by atoms with Crippen LogP contribution < -0.4 is 10.1 Å². The largest absolute Gasteiger partial charge is 0.485 e. The monoisotopic (exact) mass is 417 g/mol. The molecule has 0 aliphatic heterocycles. The molecule has 2 aromatic carbocycles. The Morgan fingerprint density at radius 1 is 1.14 bits per heavy atom. The Kier molecular flexibility index (Phi) is 8.07. The third-order valence-electron chi connectivity index (χ3n) is 3.23. The average Bonchev–Trinajstić information content (AvgIpc) is 2.46. The second-order valence-corrected chi connectivity index (χ2v) is 6.06. The molecule has 0 saturated heterocycles. The first-order chi connectivity index (χ1) is 9.70. The van der Waals surface area contributed by atoms with Gasteiger partial charge >= 0.3 is 0 Å². The highest BCUT2D eigenvalue weighted by atomic mass is 127. The Hall–Kier alpha value is -0.780. The normalized spacial score (nSPS) is 11.6. The molecule has 0 heterocycles. The highest BCUT2D eigenvalue weighted by Crippen LogP contribution is 2.28. The van der Waals surface area contributed by atoms with Crippen LogP contribution >= 0.6 is 35.0 Å². The standard InChI is InChI=1S/C17H20INO.ClH/c1-13-12-15(18)8-9-16(13)20-17(10-11-19-2)14-6-4-3-5-7-14;/h3-9,12,17,19H,10-11H2,1-2H3;1H. The molecular formula is C17H21ClINO. The highest BCUT2D eigenvalue weighted by molar-refractivity contribution is 14.1. The molecule has 0 bridgehead atoms. The van der Waals surface area contributed by atoms with Crippen molar-refractivity contribution in [1.82, 2.24) is 5.32 Å². The molecule has 1 N–H and O–H groups in total. The Morgan fingerprint density at radius 2 is 1.86 bits per heavy atom. The molecule has 2 nitrogen and oxygen atoms in total. The van der Waals surface area contributed by atoms with E-state index in [4.69, 9.17) is 4.74 Å². The molecule has 1 unspecified atom stereocenters. The summed E-state index contributed by atoms with van der Waals surface area (Å²) in [4.78, 5) is 0. The van der Waals surface area contributed by atoms with E-state index in [1.807, 2.05) is 13.1 Å². The van der Waals surface area contributed by atoms with Crippen molar-refractivity contribution in [1.29, 1.82) is 0 Å².